The smallest absolute Gasteiger partial charge is 0.407 e. The van der Waals surface area contributed by atoms with Crippen molar-refractivity contribution in [1.29, 1.82) is 0 Å². The van der Waals surface area contributed by atoms with E-state index in [1.807, 2.05) is 24.3 Å². The van der Waals surface area contributed by atoms with Gasteiger partial charge in [-0.15, -0.1) is 0 Å². The summed E-state index contributed by atoms with van der Waals surface area (Å²) in [5, 5.41) is 14.6. The van der Waals surface area contributed by atoms with E-state index in [2.05, 4.69) is 34.9 Å². The first-order valence-electron chi connectivity index (χ1n) is 12.6. The van der Waals surface area contributed by atoms with Gasteiger partial charge in [-0.25, -0.2) is 4.79 Å². The molecule has 2 amide bonds. The summed E-state index contributed by atoms with van der Waals surface area (Å²) >= 11 is 0. The van der Waals surface area contributed by atoms with Crippen molar-refractivity contribution in [2.45, 2.75) is 63.3 Å². The number of ether oxygens (including phenoxy) is 1. The Morgan fingerprint density at radius 1 is 0.914 bits per heavy atom. The molecule has 2 unspecified atom stereocenters. The third-order valence-electron chi connectivity index (χ3n) is 7.14. The third kappa shape index (κ3) is 6.41. The Labute approximate surface area is 206 Å². The molecule has 2 aliphatic rings. The van der Waals surface area contributed by atoms with Gasteiger partial charge in [-0.3, -0.25) is 9.59 Å². The van der Waals surface area contributed by atoms with Crippen molar-refractivity contribution in [2.24, 2.45) is 5.92 Å². The summed E-state index contributed by atoms with van der Waals surface area (Å²) < 4.78 is 5.68. The molecule has 2 atom stereocenters. The number of hydrogen-bond donors (Lipinski definition) is 3. The lowest BCUT2D eigenvalue weighted by atomic mass is 9.98. The number of rotatable bonds is 11. The second-order valence-electron chi connectivity index (χ2n) is 9.53. The van der Waals surface area contributed by atoms with Crippen LogP contribution in [-0.4, -0.2) is 42.3 Å². The van der Waals surface area contributed by atoms with Crippen LogP contribution in [0, 0.1) is 5.92 Å². The fraction of sp³-hybridized carbons (Fsp3) is 0.464. The molecule has 7 heteroatoms. The van der Waals surface area contributed by atoms with E-state index in [1.54, 1.807) is 0 Å². The van der Waals surface area contributed by atoms with Crippen LogP contribution in [0.4, 0.5) is 4.79 Å². The SMILES string of the molecule is O=C(O)CCCCCNC(=O)CC1CCCC1NC(=O)OCC1c2ccccc2-c2ccccc21. The third-order valence-corrected chi connectivity index (χ3v) is 7.14. The number of carboxylic acid groups (broad SMARTS) is 1. The first kappa shape index (κ1) is 24.8. The summed E-state index contributed by atoms with van der Waals surface area (Å²) in [6.45, 7) is 0.829. The fourth-order valence-corrected chi connectivity index (χ4v) is 5.38. The number of nitrogens with one attached hydrogen (secondary N) is 2. The molecule has 2 aliphatic carbocycles. The maximum Gasteiger partial charge on any atom is 0.407 e. The molecule has 0 spiro atoms. The summed E-state index contributed by atoms with van der Waals surface area (Å²) in [5.74, 6) is -0.684. The molecular weight excluding hydrogens is 444 g/mol. The van der Waals surface area contributed by atoms with Crippen molar-refractivity contribution in [3.05, 3.63) is 59.7 Å². The normalized spacial score (nSPS) is 18.5. The molecule has 7 nitrogen and oxygen atoms in total. The molecule has 0 radical (unpaired) electrons. The van der Waals surface area contributed by atoms with Crippen LogP contribution in [0.1, 0.15) is 68.4 Å². The summed E-state index contributed by atoms with van der Waals surface area (Å²) in [7, 11) is 0. The van der Waals surface area contributed by atoms with Gasteiger partial charge in [-0.05, 0) is 53.9 Å². The molecule has 1 fully saturated rings. The van der Waals surface area contributed by atoms with Crippen molar-refractivity contribution >= 4 is 18.0 Å². The maximum absolute atomic E-state index is 12.7. The zero-order valence-corrected chi connectivity index (χ0v) is 20.0. The molecule has 4 rings (SSSR count). The highest BCUT2D eigenvalue weighted by Gasteiger charge is 2.32. The highest BCUT2D eigenvalue weighted by molar-refractivity contribution is 5.79. The highest BCUT2D eigenvalue weighted by atomic mass is 16.5. The second kappa shape index (κ2) is 11.9. The number of fused-ring (bicyclic) bond motifs is 3. The minimum atomic E-state index is -0.787. The van der Waals surface area contributed by atoms with Crippen LogP contribution in [0.25, 0.3) is 11.1 Å². The van der Waals surface area contributed by atoms with Gasteiger partial charge in [0.05, 0.1) is 0 Å². The Kier molecular flexibility index (Phi) is 8.40. The Balaban J connectivity index is 1.22. The van der Waals surface area contributed by atoms with Gasteiger partial charge in [0, 0.05) is 31.3 Å². The molecule has 0 aromatic heterocycles. The van der Waals surface area contributed by atoms with Gasteiger partial charge in [0.2, 0.25) is 5.91 Å². The highest BCUT2D eigenvalue weighted by Crippen LogP contribution is 2.44. The van der Waals surface area contributed by atoms with Crippen molar-refractivity contribution in [3.8, 4) is 11.1 Å². The second-order valence-corrected chi connectivity index (χ2v) is 9.53. The van der Waals surface area contributed by atoms with Crippen molar-refractivity contribution in [1.82, 2.24) is 10.6 Å². The minimum Gasteiger partial charge on any atom is -0.481 e. The van der Waals surface area contributed by atoms with E-state index in [9.17, 15) is 14.4 Å². The van der Waals surface area contributed by atoms with Crippen molar-refractivity contribution < 1.29 is 24.2 Å². The molecule has 35 heavy (non-hydrogen) atoms. The van der Waals surface area contributed by atoms with Gasteiger partial charge in [0.25, 0.3) is 0 Å². The number of carbonyl (C=O) groups excluding carboxylic acids is 2. The molecule has 3 N–H and O–H groups in total. The van der Waals surface area contributed by atoms with E-state index < -0.39 is 12.1 Å². The average molecular weight is 479 g/mol. The molecule has 2 aromatic carbocycles. The van der Waals surface area contributed by atoms with Crippen LogP contribution in [-0.2, 0) is 14.3 Å². The van der Waals surface area contributed by atoms with Crippen molar-refractivity contribution in [3.63, 3.8) is 0 Å². The van der Waals surface area contributed by atoms with E-state index in [-0.39, 0.29) is 36.8 Å². The van der Waals surface area contributed by atoms with E-state index in [4.69, 9.17) is 9.84 Å². The van der Waals surface area contributed by atoms with E-state index in [0.717, 1.165) is 32.1 Å². The predicted molar refractivity (Wildman–Crippen MR) is 133 cm³/mol. The molecule has 2 aromatic rings. The first-order valence-corrected chi connectivity index (χ1v) is 12.6. The number of amides is 2. The van der Waals surface area contributed by atoms with Crippen LogP contribution in [0.15, 0.2) is 48.5 Å². The van der Waals surface area contributed by atoms with Crippen LogP contribution in [0.3, 0.4) is 0 Å². The van der Waals surface area contributed by atoms with Gasteiger partial charge >= 0.3 is 12.1 Å². The number of benzene rings is 2. The largest absolute Gasteiger partial charge is 0.481 e. The zero-order chi connectivity index (χ0) is 24.6. The van der Waals surface area contributed by atoms with Crippen LogP contribution < -0.4 is 10.6 Å². The van der Waals surface area contributed by atoms with Crippen LogP contribution in [0.2, 0.25) is 0 Å². The lowest BCUT2D eigenvalue weighted by Crippen LogP contribution is -2.40. The Hall–Kier alpha value is -3.35. The number of carboxylic acids is 1. The standard InChI is InChI=1S/C28H34N2O5/c31-26(29-16-7-1-2-15-27(32)33)17-19-9-8-14-25(19)30-28(34)35-18-24-22-12-5-3-10-20(22)21-11-4-6-13-23(21)24/h3-6,10-13,19,24-25H,1-2,7-9,14-18H2,(H,29,31)(H,30,34)(H,32,33). The molecular formula is C28H34N2O5. The topological polar surface area (TPSA) is 105 Å². The Morgan fingerprint density at radius 3 is 2.29 bits per heavy atom. The van der Waals surface area contributed by atoms with Crippen LogP contribution >= 0.6 is 0 Å². The molecule has 0 saturated heterocycles. The fourth-order valence-electron chi connectivity index (χ4n) is 5.38. The number of alkyl carbamates (subject to hydrolysis) is 1. The summed E-state index contributed by atoms with van der Waals surface area (Å²) in [4.78, 5) is 35.5. The number of unbranched alkanes of at least 4 members (excludes halogenated alkanes) is 2. The van der Waals surface area contributed by atoms with E-state index >= 15 is 0 Å². The maximum atomic E-state index is 12.7. The monoisotopic (exact) mass is 478 g/mol. The average Bonchev–Trinajstić information content (AvgIpc) is 3.41. The summed E-state index contributed by atoms with van der Waals surface area (Å²) in [5.41, 5.74) is 4.75. The molecule has 1 saturated carbocycles. The van der Waals surface area contributed by atoms with Gasteiger partial charge in [0.15, 0.2) is 0 Å². The number of aliphatic carboxylic acids is 1. The van der Waals surface area contributed by atoms with Crippen molar-refractivity contribution in [2.75, 3.05) is 13.2 Å². The minimum absolute atomic E-state index is 0.0190. The van der Waals surface area contributed by atoms with Gasteiger partial charge in [-0.2, -0.15) is 0 Å². The lowest BCUT2D eigenvalue weighted by molar-refractivity contribution is -0.137. The predicted octanol–water partition coefficient (Wildman–Crippen LogP) is 4.85. The van der Waals surface area contributed by atoms with E-state index in [1.165, 1.54) is 22.3 Å². The van der Waals surface area contributed by atoms with Crippen LogP contribution in [0.5, 0.6) is 0 Å². The lowest BCUT2D eigenvalue weighted by Gasteiger charge is -2.21. The Bertz CT molecular complexity index is 1010. The van der Waals surface area contributed by atoms with Gasteiger partial charge in [0.1, 0.15) is 6.61 Å². The summed E-state index contributed by atoms with van der Waals surface area (Å²) in [6, 6.07) is 16.4. The van der Waals surface area contributed by atoms with Gasteiger partial charge in [-0.1, -0.05) is 61.4 Å². The molecule has 0 aliphatic heterocycles. The number of hydrogen-bond acceptors (Lipinski definition) is 4. The number of carbonyl (C=O) groups is 3. The van der Waals surface area contributed by atoms with Gasteiger partial charge < -0.3 is 20.5 Å². The zero-order valence-electron chi connectivity index (χ0n) is 20.0. The first-order chi connectivity index (χ1) is 17.0. The molecule has 0 bridgehead atoms. The Morgan fingerprint density at radius 2 is 1.60 bits per heavy atom. The summed E-state index contributed by atoms with van der Waals surface area (Å²) in [6.07, 6.45) is 5.01. The molecule has 186 valence electrons. The van der Waals surface area contributed by atoms with E-state index in [0.29, 0.717) is 19.4 Å². The quantitative estimate of drug-likeness (QED) is 0.401. The molecule has 0 heterocycles.